The Balaban J connectivity index is 2.14. The Morgan fingerprint density at radius 2 is 2.42 bits per heavy atom. The molecule has 1 aliphatic rings. The highest BCUT2D eigenvalue weighted by Crippen LogP contribution is 2.27. The van der Waals surface area contributed by atoms with Crippen LogP contribution in [0.5, 0.6) is 0 Å². The van der Waals surface area contributed by atoms with Crippen LogP contribution in [0.4, 0.5) is 17.3 Å². The molecule has 0 radical (unpaired) electrons. The van der Waals surface area contributed by atoms with Crippen molar-refractivity contribution in [2.24, 2.45) is 0 Å². The molecule has 19 heavy (non-hydrogen) atoms. The smallest absolute Gasteiger partial charge is 0.352 e. The number of rotatable bonds is 4. The molecule has 8 nitrogen and oxygen atoms in total. The molecule has 0 aliphatic carbocycles. The van der Waals surface area contributed by atoms with E-state index >= 15 is 0 Å². The van der Waals surface area contributed by atoms with Gasteiger partial charge in [-0.15, -0.1) is 0 Å². The molecule has 0 aromatic carbocycles. The second kappa shape index (κ2) is 5.79. The third-order valence-corrected chi connectivity index (χ3v) is 3.33. The fraction of sp³-hybridized carbons (Fsp3) is 0.636. The molecule has 2 heterocycles. The summed E-state index contributed by atoms with van der Waals surface area (Å²) in [5.74, 6) is 0.103. The van der Waals surface area contributed by atoms with E-state index in [0.717, 1.165) is 32.5 Å². The maximum Gasteiger partial charge on any atom is 0.352 e. The number of anilines is 2. The largest absolute Gasteiger partial charge is 0.378 e. The second-order valence-electron chi connectivity index (χ2n) is 4.59. The van der Waals surface area contributed by atoms with Gasteiger partial charge in [0.2, 0.25) is 11.6 Å². The summed E-state index contributed by atoms with van der Waals surface area (Å²) in [5.41, 5.74) is 5.30. The number of nitrogens with one attached hydrogen (secondary N) is 1. The lowest BCUT2D eigenvalue weighted by atomic mass is 10.1. The Kier molecular flexibility index (Phi) is 4.10. The van der Waals surface area contributed by atoms with Gasteiger partial charge in [-0.05, 0) is 25.9 Å². The molecule has 0 spiro atoms. The third-order valence-electron chi connectivity index (χ3n) is 3.33. The van der Waals surface area contributed by atoms with Crippen LogP contribution in [0.25, 0.3) is 0 Å². The number of nitro groups is 1. The molecule has 1 atom stereocenters. The molecule has 1 aromatic heterocycles. The van der Waals surface area contributed by atoms with E-state index < -0.39 is 4.92 Å². The minimum Gasteiger partial charge on any atom is -0.378 e. The average Bonchev–Trinajstić information content (AvgIpc) is 2.38. The highest BCUT2D eigenvalue weighted by atomic mass is 16.6. The van der Waals surface area contributed by atoms with Crippen molar-refractivity contribution in [2.75, 3.05) is 30.7 Å². The van der Waals surface area contributed by atoms with Gasteiger partial charge in [-0.3, -0.25) is 10.1 Å². The zero-order valence-corrected chi connectivity index (χ0v) is 10.9. The summed E-state index contributed by atoms with van der Waals surface area (Å²) in [6, 6.07) is 0.154. The molecule has 0 bridgehead atoms. The van der Waals surface area contributed by atoms with Crippen LogP contribution in [0.3, 0.4) is 0 Å². The molecule has 1 saturated heterocycles. The maximum absolute atomic E-state index is 11.0. The molecular formula is C11H18N6O2. The number of aromatic nitrogens is 2. The monoisotopic (exact) mass is 266 g/mol. The first-order valence-electron chi connectivity index (χ1n) is 6.35. The highest BCUT2D eigenvalue weighted by molar-refractivity contribution is 5.67. The van der Waals surface area contributed by atoms with Gasteiger partial charge in [-0.1, -0.05) is 6.92 Å². The van der Waals surface area contributed by atoms with E-state index in [4.69, 9.17) is 5.73 Å². The van der Waals surface area contributed by atoms with Gasteiger partial charge in [-0.2, -0.15) is 0 Å². The maximum atomic E-state index is 11.0. The number of nitrogens with zero attached hydrogens (tertiary/aromatic N) is 4. The predicted molar refractivity (Wildman–Crippen MR) is 71.9 cm³/mol. The van der Waals surface area contributed by atoms with Gasteiger partial charge in [0.15, 0.2) is 0 Å². The minimum absolute atomic E-state index is 0.106. The van der Waals surface area contributed by atoms with Crippen LogP contribution in [0.1, 0.15) is 19.8 Å². The Morgan fingerprint density at radius 3 is 3.11 bits per heavy atom. The van der Waals surface area contributed by atoms with E-state index in [1.54, 1.807) is 0 Å². The molecule has 1 unspecified atom stereocenters. The van der Waals surface area contributed by atoms with Crippen LogP contribution in [-0.4, -0.2) is 45.5 Å². The average molecular weight is 266 g/mol. The molecule has 3 N–H and O–H groups in total. The normalized spacial score (nSPS) is 20.2. The molecule has 0 amide bonds. The van der Waals surface area contributed by atoms with Gasteiger partial charge in [0, 0.05) is 12.6 Å². The third kappa shape index (κ3) is 3.08. The zero-order chi connectivity index (χ0) is 13.8. The highest BCUT2D eigenvalue weighted by Gasteiger charge is 2.25. The summed E-state index contributed by atoms with van der Waals surface area (Å²) in [4.78, 5) is 20.4. The van der Waals surface area contributed by atoms with E-state index in [0.29, 0.717) is 0 Å². The number of piperidine rings is 1. The van der Waals surface area contributed by atoms with Crippen molar-refractivity contribution in [3.63, 3.8) is 0 Å². The topological polar surface area (TPSA) is 110 Å². The Bertz CT molecular complexity index is 466. The fourth-order valence-corrected chi connectivity index (χ4v) is 2.33. The van der Waals surface area contributed by atoms with Crippen LogP contribution in [0.2, 0.25) is 0 Å². The summed E-state index contributed by atoms with van der Waals surface area (Å²) < 4.78 is 0. The lowest BCUT2D eigenvalue weighted by molar-refractivity contribution is -0.383. The first-order valence-corrected chi connectivity index (χ1v) is 6.35. The number of likely N-dealkylation sites (N-methyl/N-ethyl adjacent to an activating group) is 1. The quantitative estimate of drug-likeness (QED) is 0.614. The summed E-state index contributed by atoms with van der Waals surface area (Å²) >= 11 is 0. The van der Waals surface area contributed by atoms with Gasteiger partial charge in [-0.25, -0.2) is 9.97 Å². The number of hydrogen-bond donors (Lipinski definition) is 2. The number of hydrogen-bond acceptors (Lipinski definition) is 7. The van der Waals surface area contributed by atoms with E-state index in [9.17, 15) is 10.1 Å². The molecule has 1 fully saturated rings. The van der Waals surface area contributed by atoms with Gasteiger partial charge in [0.05, 0.1) is 4.92 Å². The lowest BCUT2D eigenvalue weighted by Crippen LogP contribution is -2.42. The molecule has 1 aliphatic heterocycles. The number of nitrogen functional groups attached to an aromatic ring is 1. The van der Waals surface area contributed by atoms with Crippen molar-refractivity contribution in [1.29, 1.82) is 0 Å². The summed E-state index contributed by atoms with van der Waals surface area (Å²) in [6.07, 6.45) is 3.28. The van der Waals surface area contributed by atoms with Crippen molar-refractivity contribution >= 4 is 17.3 Å². The van der Waals surface area contributed by atoms with Crippen LogP contribution in [0, 0.1) is 10.1 Å². The SMILES string of the molecule is CCN1CCCC(Nc2ncnc(N)c2[N+](=O)[O-])C1. The summed E-state index contributed by atoms with van der Waals surface area (Å²) in [6.45, 7) is 5.01. The minimum atomic E-state index is -0.544. The van der Waals surface area contributed by atoms with Crippen LogP contribution in [0.15, 0.2) is 6.33 Å². The molecule has 2 rings (SSSR count). The molecule has 8 heteroatoms. The van der Waals surface area contributed by atoms with E-state index in [1.807, 2.05) is 0 Å². The molecule has 1 aromatic rings. The number of likely N-dealkylation sites (tertiary alicyclic amines) is 1. The van der Waals surface area contributed by atoms with Crippen molar-refractivity contribution in [3.8, 4) is 0 Å². The summed E-state index contributed by atoms with van der Waals surface area (Å²) in [7, 11) is 0. The van der Waals surface area contributed by atoms with Gasteiger partial charge in [0.25, 0.3) is 0 Å². The van der Waals surface area contributed by atoms with Crippen LogP contribution < -0.4 is 11.1 Å². The van der Waals surface area contributed by atoms with Gasteiger partial charge < -0.3 is 16.0 Å². The first kappa shape index (κ1) is 13.5. The predicted octanol–water partition coefficient (Wildman–Crippen LogP) is 0.863. The molecule has 0 saturated carbocycles. The van der Waals surface area contributed by atoms with E-state index in [-0.39, 0.29) is 23.4 Å². The van der Waals surface area contributed by atoms with Gasteiger partial charge in [0.1, 0.15) is 6.33 Å². The van der Waals surface area contributed by atoms with Crippen LogP contribution in [-0.2, 0) is 0 Å². The first-order chi connectivity index (χ1) is 9.11. The van der Waals surface area contributed by atoms with Crippen molar-refractivity contribution in [3.05, 3.63) is 16.4 Å². The van der Waals surface area contributed by atoms with E-state index in [2.05, 4.69) is 27.1 Å². The Morgan fingerprint density at radius 1 is 1.63 bits per heavy atom. The van der Waals surface area contributed by atoms with E-state index in [1.165, 1.54) is 6.33 Å². The fourth-order valence-electron chi connectivity index (χ4n) is 2.33. The second-order valence-corrected chi connectivity index (χ2v) is 4.59. The Labute approximate surface area is 111 Å². The number of nitrogens with two attached hydrogens (primary N) is 1. The van der Waals surface area contributed by atoms with Crippen molar-refractivity contribution in [1.82, 2.24) is 14.9 Å². The zero-order valence-electron chi connectivity index (χ0n) is 10.9. The Hall–Kier alpha value is -1.96. The van der Waals surface area contributed by atoms with Crippen molar-refractivity contribution < 1.29 is 4.92 Å². The molecular weight excluding hydrogens is 248 g/mol. The van der Waals surface area contributed by atoms with Crippen LogP contribution >= 0.6 is 0 Å². The standard InChI is InChI=1S/C11H18N6O2/c1-2-16-5-3-4-8(6-16)15-11-9(17(18)19)10(12)13-7-14-11/h7-8H,2-6H2,1H3,(H3,12,13,14,15). The van der Waals surface area contributed by atoms with Gasteiger partial charge >= 0.3 is 5.69 Å². The summed E-state index contributed by atoms with van der Waals surface area (Å²) in [5, 5.41) is 14.1. The van der Waals surface area contributed by atoms with Crippen molar-refractivity contribution in [2.45, 2.75) is 25.8 Å². The molecule has 104 valence electrons. The lowest BCUT2D eigenvalue weighted by Gasteiger charge is -2.32.